The number of ether oxygens (including phenoxy) is 2. The van der Waals surface area contributed by atoms with Crippen molar-refractivity contribution in [2.45, 2.75) is 85.5 Å². The van der Waals surface area contributed by atoms with Gasteiger partial charge in [-0.3, -0.25) is 4.57 Å². The minimum atomic E-state index is -0.555. The Morgan fingerprint density at radius 3 is 1.77 bits per heavy atom. The van der Waals surface area contributed by atoms with Crippen LogP contribution in [0.15, 0.2) is 194 Å². The summed E-state index contributed by atoms with van der Waals surface area (Å²) in [6.45, 7) is 19.8. The molecule has 0 N–H and O–H groups in total. The normalized spacial score (nSPS) is 14.6. The SMILES string of the molecule is [2H]c1c([2H])c([2H])c(-c2cccc(-c3c([2H])c([2H])c([2H])c([2H])c3[2H])c2N2CN(c3cc(Oc4ccc5c6ccccc6n(-c6cc(Oc7c(C(C)C)cc(C(C)C)cc7C(C)C)ccn6)c5c4)cc(C(C)(C)C)c3)c3ccccc32)c([2H])c1[2H]. The average Bonchev–Trinajstić information content (AvgIpc) is 2.45. The number of hydrogen-bond donors (Lipinski definition) is 0. The van der Waals surface area contributed by atoms with Crippen molar-refractivity contribution in [3.05, 3.63) is 216 Å². The molecule has 6 heteroatoms. The van der Waals surface area contributed by atoms with E-state index in [1.165, 1.54) is 16.7 Å². The van der Waals surface area contributed by atoms with E-state index in [1.54, 1.807) is 24.4 Å². The highest BCUT2D eigenvalue weighted by Gasteiger charge is 2.32. The van der Waals surface area contributed by atoms with E-state index in [9.17, 15) is 0 Å². The lowest BCUT2D eigenvalue weighted by atomic mass is 9.86. The van der Waals surface area contributed by atoms with Gasteiger partial charge in [-0.1, -0.05) is 183 Å². The maximum atomic E-state index is 9.16. The lowest BCUT2D eigenvalue weighted by Gasteiger charge is -2.28. The average molecular weight is 967 g/mol. The summed E-state index contributed by atoms with van der Waals surface area (Å²) in [6, 6.07) is 36.5. The highest BCUT2D eigenvalue weighted by Crippen LogP contribution is 2.51. The quantitative estimate of drug-likeness (QED) is 0.122. The van der Waals surface area contributed by atoms with E-state index in [-0.39, 0.29) is 46.2 Å². The van der Waals surface area contributed by atoms with Crippen LogP contribution in [0.1, 0.15) is 116 Å². The molecule has 0 fully saturated rings. The maximum Gasteiger partial charge on any atom is 0.141 e. The Morgan fingerprint density at radius 2 is 1.14 bits per heavy atom. The van der Waals surface area contributed by atoms with Crippen molar-refractivity contribution in [2.75, 3.05) is 16.5 Å². The summed E-state index contributed by atoms with van der Waals surface area (Å²) in [5, 5.41) is 2.06. The predicted octanol–water partition coefficient (Wildman–Crippen LogP) is 19.0. The highest BCUT2D eigenvalue weighted by molar-refractivity contribution is 6.09. The minimum Gasteiger partial charge on any atom is -0.457 e. The van der Waals surface area contributed by atoms with Crippen LogP contribution in [-0.2, 0) is 5.41 Å². The first-order valence-electron chi connectivity index (χ1n) is 30.0. The van der Waals surface area contributed by atoms with Crippen molar-refractivity contribution in [1.29, 1.82) is 0 Å². The molecule has 0 spiro atoms. The number of hydrogen-bond acceptors (Lipinski definition) is 5. The van der Waals surface area contributed by atoms with Crippen LogP contribution in [-0.4, -0.2) is 16.2 Å². The Labute approximate surface area is 445 Å². The first kappa shape index (κ1) is 36.8. The molecule has 0 unspecified atom stereocenters. The van der Waals surface area contributed by atoms with Gasteiger partial charge in [0, 0.05) is 52.0 Å². The fourth-order valence-electron chi connectivity index (χ4n) is 9.97. The van der Waals surface area contributed by atoms with Crippen LogP contribution < -0.4 is 19.3 Å². The fraction of sp³-hybridized carbons (Fsp3) is 0.209. The number of aromatic nitrogens is 2. The molecule has 0 atom stereocenters. The summed E-state index contributed by atoms with van der Waals surface area (Å²) in [6.07, 6.45) is 1.79. The van der Waals surface area contributed by atoms with Crippen LogP contribution in [0.4, 0.5) is 22.7 Å². The van der Waals surface area contributed by atoms with Gasteiger partial charge in [-0.2, -0.15) is 0 Å². The number of anilines is 4. The Hall–Kier alpha value is -8.09. The van der Waals surface area contributed by atoms with Gasteiger partial charge in [0.1, 0.15) is 35.5 Å². The minimum absolute atomic E-state index is 0.0936. The van der Waals surface area contributed by atoms with E-state index in [4.69, 9.17) is 28.2 Å². The van der Waals surface area contributed by atoms with Crippen LogP contribution in [0.2, 0.25) is 0 Å². The van der Waals surface area contributed by atoms with Crippen molar-refractivity contribution in [2.24, 2.45) is 0 Å². The first-order chi connectivity index (χ1) is 39.4. The molecule has 1 aliphatic heterocycles. The Balaban J connectivity index is 1.03. The fourth-order valence-corrected chi connectivity index (χ4v) is 9.97. The molecule has 1 aliphatic rings. The Bertz CT molecular complexity index is 4090. The summed E-state index contributed by atoms with van der Waals surface area (Å²) in [4.78, 5) is 8.97. The molecule has 3 heterocycles. The zero-order chi connectivity index (χ0) is 59.2. The number of para-hydroxylation sites is 4. The second-order valence-electron chi connectivity index (χ2n) is 20.7. The van der Waals surface area contributed by atoms with Crippen LogP contribution in [0, 0.1) is 0 Å². The Kier molecular flexibility index (Phi) is 9.65. The lowest BCUT2D eigenvalue weighted by Crippen LogP contribution is -2.25. The zero-order valence-corrected chi connectivity index (χ0v) is 42.7. The molecule has 6 nitrogen and oxygen atoms in total. The van der Waals surface area contributed by atoms with Crippen molar-refractivity contribution >= 4 is 44.6 Å². The molecule has 0 amide bonds. The van der Waals surface area contributed by atoms with E-state index < -0.39 is 60.4 Å². The lowest BCUT2D eigenvalue weighted by molar-refractivity contribution is 0.462. The topological polar surface area (TPSA) is 42.8 Å². The number of pyridine rings is 1. The smallest absolute Gasteiger partial charge is 0.141 e. The molecular formula is C67H64N4O2. The first-order valence-corrected chi connectivity index (χ1v) is 25.0. The van der Waals surface area contributed by atoms with E-state index in [1.807, 2.05) is 77.7 Å². The monoisotopic (exact) mass is 967 g/mol. The largest absolute Gasteiger partial charge is 0.457 e. The van der Waals surface area contributed by atoms with Gasteiger partial charge in [0.25, 0.3) is 0 Å². The highest BCUT2D eigenvalue weighted by atomic mass is 16.5. The van der Waals surface area contributed by atoms with Crippen molar-refractivity contribution in [3.63, 3.8) is 0 Å². The molecule has 364 valence electrons. The van der Waals surface area contributed by atoms with Crippen LogP contribution in [0.3, 0.4) is 0 Å². The molecule has 0 aliphatic carbocycles. The summed E-state index contributed by atoms with van der Waals surface area (Å²) in [7, 11) is 0. The van der Waals surface area contributed by atoms with Gasteiger partial charge in [-0.15, -0.1) is 0 Å². The summed E-state index contributed by atoms with van der Waals surface area (Å²) >= 11 is 0. The number of nitrogens with zero attached hydrogens (tertiary/aromatic N) is 4. The van der Waals surface area contributed by atoms with Gasteiger partial charge in [0.2, 0.25) is 0 Å². The zero-order valence-electron chi connectivity index (χ0n) is 52.7. The number of benzene rings is 8. The Morgan fingerprint density at radius 1 is 0.534 bits per heavy atom. The van der Waals surface area contributed by atoms with Crippen LogP contribution >= 0.6 is 0 Å². The molecule has 10 aromatic rings. The van der Waals surface area contributed by atoms with E-state index in [0.29, 0.717) is 40.4 Å². The van der Waals surface area contributed by atoms with Gasteiger partial charge in [0.05, 0.1) is 41.8 Å². The van der Waals surface area contributed by atoms with Gasteiger partial charge in [-0.05, 0) is 105 Å². The summed E-state index contributed by atoms with van der Waals surface area (Å²) in [5.74, 6) is 4.21. The van der Waals surface area contributed by atoms with Crippen LogP contribution in [0.5, 0.6) is 23.0 Å². The third kappa shape index (κ3) is 9.01. The molecule has 2 aromatic heterocycles. The van der Waals surface area contributed by atoms with Gasteiger partial charge >= 0.3 is 0 Å². The maximum absolute atomic E-state index is 9.16. The third-order valence-corrected chi connectivity index (χ3v) is 13.8. The van der Waals surface area contributed by atoms with Crippen LogP contribution in [0.25, 0.3) is 49.9 Å². The summed E-state index contributed by atoms with van der Waals surface area (Å²) < 4.78 is 104. The van der Waals surface area contributed by atoms with E-state index in [0.717, 1.165) is 44.5 Å². The van der Waals surface area contributed by atoms with E-state index >= 15 is 0 Å². The van der Waals surface area contributed by atoms with Gasteiger partial charge < -0.3 is 19.3 Å². The molecule has 0 bridgehead atoms. The van der Waals surface area contributed by atoms with Gasteiger partial charge in [-0.25, -0.2) is 4.98 Å². The van der Waals surface area contributed by atoms with Crippen molar-refractivity contribution in [1.82, 2.24) is 9.55 Å². The molecule has 0 saturated carbocycles. The summed E-state index contributed by atoms with van der Waals surface area (Å²) in [5.41, 5.74) is 8.78. The number of rotatable bonds is 12. The number of fused-ring (bicyclic) bond motifs is 4. The van der Waals surface area contributed by atoms with Gasteiger partial charge in [0.15, 0.2) is 0 Å². The molecule has 0 radical (unpaired) electrons. The van der Waals surface area contributed by atoms with Crippen molar-refractivity contribution in [3.8, 4) is 51.1 Å². The molecule has 0 saturated heterocycles. The predicted molar refractivity (Wildman–Crippen MR) is 305 cm³/mol. The third-order valence-electron chi connectivity index (χ3n) is 13.8. The second-order valence-corrected chi connectivity index (χ2v) is 20.7. The standard InChI is InChI=1S/C67H64N4O2/c1-43(2)48-35-58(44(3)4)66(59(36-48)45(5)6)73-52-33-34-68-64(41-52)71-60-28-17-16-25-56(60)57-32-31-51(40-63(57)71)72-53-38-49(67(7,8)9)37-50(39-53)69-42-70(62-30-19-18-29-61(62)69)65-54(46-21-12-10-13-22-46)26-20-27-55(65)47-23-14-11-15-24-47/h10-41,43-45H,42H2,1-9H3/i10D,11D,12D,13D,14D,15D,21D,22D,23D,24D. The molecule has 8 aromatic carbocycles. The molecular weight excluding hydrogens is 893 g/mol. The van der Waals surface area contributed by atoms with Crippen molar-refractivity contribution < 1.29 is 23.2 Å². The molecule has 11 rings (SSSR count). The molecule has 73 heavy (non-hydrogen) atoms. The van der Waals surface area contributed by atoms with E-state index in [2.05, 4.69) is 108 Å². The second kappa shape index (κ2) is 19.2.